The van der Waals surface area contributed by atoms with E-state index < -0.39 is 5.60 Å². The maximum absolute atomic E-state index is 11.8. The number of fused-ring (bicyclic) bond motifs is 6. The van der Waals surface area contributed by atoms with Gasteiger partial charge in [0.05, 0.1) is 5.69 Å². The number of aryl methyl sites for hydroxylation is 1. The topological polar surface area (TPSA) is 95.2 Å². The second kappa shape index (κ2) is 17.0. The van der Waals surface area contributed by atoms with E-state index in [1.165, 1.54) is 62.8 Å². The number of hydrogen-bond donors (Lipinski definition) is 3. The number of likely N-dealkylation sites (tertiary alicyclic amines) is 1. The Bertz CT molecular complexity index is 2150. The lowest BCUT2D eigenvalue weighted by atomic mass is 9.49. The number of aromatic nitrogens is 1. The largest absolute Gasteiger partial charge is 0.508 e. The van der Waals surface area contributed by atoms with Gasteiger partial charge in [-0.05, 0) is 185 Å². The van der Waals surface area contributed by atoms with Crippen LogP contribution in [0.4, 0.5) is 0 Å². The van der Waals surface area contributed by atoms with Gasteiger partial charge in [0.25, 0.3) is 0 Å². The zero-order valence-corrected chi connectivity index (χ0v) is 34.6. The minimum absolute atomic E-state index is 0.0609. The molecule has 9 rings (SSSR count). The lowest BCUT2D eigenvalue weighted by Crippen LogP contribution is -2.53. The van der Waals surface area contributed by atoms with Crippen molar-refractivity contribution in [2.24, 2.45) is 29.1 Å². The zero-order valence-electron chi connectivity index (χ0n) is 34.6. The van der Waals surface area contributed by atoms with Crippen molar-refractivity contribution in [3.05, 3.63) is 89.5 Å². The van der Waals surface area contributed by atoms with Gasteiger partial charge in [0.2, 0.25) is 0 Å². The lowest BCUT2D eigenvalue weighted by molar-refractivity contribution is -0.117. The summed E-state index contributed by atoms with van der Waals surface area (Å²) in [5, 5.41) is 32.0. The maximum Gasteiger partial charge on any atom is 0.155 e. The second-order valence-corrected chi connectivity index (χ2v) is 18.0. The van der Waals surface area contributed by atoms with Gasteiger partial charge in [0.15, 0.2) is 5.78 Å². The first-order valence-electron chi connectivity index (χ1n) is 22.1. The Labute approximate surface area is 345 Å². The van der Waals surface area contributed by atoms with E-state index in [9.17, 15) is 20.1 Å². The number of carbonyl (C=O) groups is 1. The standard InChI is InChI=1S/C30H34N2O3.C21H28O2/c1-22-28-20-26(34)12-15-29(28)32(30(22)24-8-10-25(33)11-9-24)21-23-6-13-27(14-7-23)35-19-18-31-16-4-2-3-5-17-31;1-3-20-11-9-17-16-8-6-15(22)13-14(16)5-7-18(17)19(20)10-12-21(20,23)4-2/h6-15,20,33-34H,2-5,16-19,21H2,1H3;2,13,16-19,23H,3,5-12H2,1H3/t;16-,17+,18+,19-,20-,21-/m.0/s1. The summed E-state index contributed by atoms with van der Waals surface area (Å²) < 4.78 is 8.33. The molecule has 0 spiro atoms. The van der Waals surface area contributed by atoms with Crippen molar-refractivity contribution >= 4 is 16.7 Å². The number of aliphatic hydroxyl groups is 1. The van der Waals surface area contributed by atoms with Crippen LogP contribution < -0.4 is 4.74 Å². The predicted molar refractivity (Wildman–Crippen MR) is 232 cm³/mol. The molecule has 1 aliphatic heterocycles. The molecule has 7 nitrogen and oxygen atoms in total. The molecule has 3 aromatic carbocycles. The van der Waals surface area contributed by atoms with Crippen molar-refractivity contribution in [3.8, 4) is 40.8 Å². The van der Waals surface area contributed by atoms with E-state index in [1.807, 2.05) is 30.3 Å². The summed E-state index contributed by atoms with van der Waals surface area (Å²) >= 11 is 0. The molecule has 306 valence electrons. The summed E-state index contributed by atoms with van der Waals surface area (Å²) in [4.78, 5) is 14.3. The third-order valence-electron chi connectivity index (χ3n) is 15.1. The summed E-state index contributed by atoms with van der Waals surface area (Å²) in [6, 6.07) is 21.2. The molecule has 0 bridgehead atoms. The number of rotatable bonds is 8. The molecule has 5 aliphatic rings. The highest BCUT2D eigenvalue weighted by Crippen LogP contribution is 2.66. The monoisotopic (exact) mass is 782 g/mol. The fraction of sp³-hybridized carbons (Fsp3) is 0.510. The molecule has 1 aromatic heterocycles. The van der Waals surface area contributed by atoms with Gasteiger partial charge in [0, 0.05) is 35.8 Å². The first-order valence-corrected chi connectivity index (χ1v) is 22.1. The van der Waals surface area contributed by atoms with Crippen LogP contribution in [0, 0.1) is 48.4 Å². The Kier molecular flexibility index (Phi) is 11.8. The van der Waals surface area contributed by atoms with Crippen LogP contribution >= 0.6 is 0 Å². The molecule has 4 aromatic rings. The SMILES string of the molecule is C#C[C@]1(O)CC[C@H]2[C@@H]3CCC4=CC(=O)CC[C@@H]4[C@H]3CC[C@@]21CC.Cc1c(-c2ccc(O)cc2)n(Cc2ccc(OCCN3CCCCCC3)cc2)c2ccc(O)cc12. The maximum atomic E-state index is 11.8. The van der Waals surface area contributed by atoms with Crippen molar-refractivity contribution in [1.29, 1.82) is 0 Å². The molecular formula is C51H62N2O5. The minimum atomic E-state index is -0.893. The van der Waals surface area contributed by atoms with Gasteiger partial charge < -0.3 is 24.6 Å². The molecule has 3 saturated carbocycles. The van der Waals surface area contributed by atoms with Crippen LogP contribution in [-0.2, 0) is 11.3 Å². The second-order valence-electron chi connectivity index (χ2n) is 18.0. The highest BCUT2D eigenvalue weighted by Gasteiger charge is 2.63. The number of carbonyl (C=O) groups excluding carboxylic acids is 1. The van der Waals surface area contributed by atoms with Gasteiger partial charge in [-0.1, -0.05) is 43.4 Å². The van der Waals surface area contributed by atoms with E-state index in [2.05, 4.69) is 53.5 Å². The number of nitrogens with zero attached hydrogens (tertiary/aromatic N) is 2. The Morgan fingerprint density at radius 2 is 1.60 bits per heavy atom. The van der Waals surface area contributed by atoms with Gasteiger partial charge in [-0.25, -0.2) is 0 Å². The van der Waals surface area contributed by atoms with Gasteiger partial charge in [0.1, 0.15) is 29.5 Å². The molecule has 4 fully saturated rings. The van der Waals surface area contributed by atoms with E-state index in [0.717, 1.165) is 91.6 Å². The molecule has 4 aliphatic carbocycles. The average molecular weight is 783 g/mol. The number of hydrogen-bond acceptors (Lipinski definition) is 6. The summed E-state index contributed by atoms with van der Waals surface area (Å²) in [5.74, 6) is 7.14. The molecule has 3 N–H and O–H groups in total. The predicted octanol–water partition coefficient (Wildman–Crippen LogP) is 10.2. The number of aromatic hydroxyl groups is 2. The number of ether oxygens (including phenoxy) is 1. The molecule has 0 amide bonds. The fourth-order valence-corrected chi connectivity index (χ4v) is 12.2. The third-order valence-corrected chi connectivity index (χ3v) is 15.1. The van der Waals surface area contributed by atoms with Gasteiger partial charge >= 0.3 is 0 Å². The van der Waals surface area contributed by atoms with Crippen LogP contribution in [0.15, 0.2) is 78.4 Å². The highest BCUT2D eigenvalue weighted by atomic mass is 16.5. The summed E-state index contributed by atoms with van der Waals surface area (Å²) in [6.07, 6.45) is 22.2. The van der Waals surface area contributed by atoms with Crippen molar-refractivity contribution in [3.63, 3.8) is 0 Å². The number of phenols is 2. The summed E-state index contributed by atoms with van der Waals surface area (Å²) in [7, 11) is 0. The van der Waals surface area contributed by atoms with E-state index in [1.54, 1.807) is 18.2 Å². The fourth-order valence-electron chi connectivity index (χ4n) is 12.2. The molecule has 1 saturated heterocycles. The molecule has 0 radical (unpaired) electrons. The summed E-state index contributed by atoms with van der Waals surface area (Å²) in [6.45, 7) is 9.07. The molecule has 7 heteroatoms. The van der Waals surface area contributed by atoms with E-state index in [4.69, 9.17) is 11.2 Å². The normalized spacial score (nSPS) is 28.2. The van der Waals surface area contributed by atoms with Gasteiger partial charge in [-0.2, -0.15) is 0 Å². The quantitative estimate of drug-likeness (QED) is 0.154. The van der Waals surface area contributed by atoms with Crippen LogP contribution in [0.2, 0.25) is 0 Å². The number of phenolic OH excluding ortho intramolecular Hbond substituents is 2. The molecule has 6 atom stereocenters. The Morgan fingerprint density at radius 3 is 2.33 bits per heavy atom. The van der Waals surface area contributed by atoms with E-state index in [0.29, 0.717) is 36.0 Å². The molecule has 58 heavy (non-hydrogen) atoms. The van der Waals surface area contributed by atoms with Gasteiger partial charge in [-0.3, -0.25) is 9.69 Å². The van der Waals surface area contributed by atoms with Crippen LogP contribution in [-0.4, -0.2) is 62.4 Å². The highest BCUT2D eigenvalue weighted by molar-refractivity contribution is 5.93. The number of ketones is 1. The van der Waals surface area contributed by atoms with Crippen LogP contribution in [0.25, 0.3) is 22.2 Å². The minimum Gasteiger partial charge on any atom is -0.508 e. The molecule has 0 unspecified atom stereocenters. The number of terminal acetylenes is 1. The molecule has 2 heterocycles. The summed E-state index contributed by atoms with van der Waals surface area (Å²) in [5.41, 5.74) is 5.95. The van der Waals surface area contributed by atoms with Crippen LogP contribution in [0.1, 0.15) is 102 Å². The van der Waals surface area contributed by atoms with E-state index in [-0.39, 0.29) is 16.9 Å². The Hall–Kier alpha value is -4.51. The smallest absolute Gasteiger partial charge is 0.155 e. The van der Waals surface area contributed by atoms with Crippen LogP contribution in [0.3, 0.4) is 0 Å². The first kappa shape index (κ1) is 40.3. The van der Waals surface area contributed by atoms with Gasteiger partial charge in [-0.15, -0.1) is 6.42 Å². The number of allylic oxidation sites excluding steroid dienone is 1. The van der Waals surface area contributed by atoms with Crippen molar-refractivity contribution in [2.45, 2.75) is 109 Å². The molecular weight excluding hydrogens is 721 g/mol. The van der Waals surface area contributed by atoms with Crippen LogP contribution in [0.5, 0.6) is 17.2 Å². The Morgan fingerprint density at radius 1 is 0.862 bits per heavy atom. The third kappa shape index (κ3) is 7.71. The first-order chi connectivity index (χ1) is 28.1. The lowest BCUT2D eigenvalue weighted by Gasteiger charge is -2.55. The zero-order chi connectivity index (χ0) is 40.4. The number of benzene rings is 3. The van der Waals surface area contributed by atoms with Crippen molar-refractivity contribution in [1.82, 2.24) is 9.47 Å². The Balaban J connectivity index is 0.000000176. The van der Waals surface area contributed by atoms with Crippen molar-refractivity contribution < 1.29 is 24.9 Å². The average Bonchev–Trinajstić information content (AvgIpc) is 3.52. The van der Waals surface area contributed by atoms with E-state index >= 15 is 0 Å². The van der Waals surface area contributed by atoms with Crippen molar-refractivity contribution in [2.75, 3.05) is 26.2 Å².